The zero-order valence-corrected chi connectivity index (χ0v) is 31.5. The van der Waals surface area contributed by atoms with E-state index in [4.69, 9.17) is 39.4 Å². The van der Waals surface area contributed by atoms with Gasteiger partial charge in [0, 0.05) is 0 Å². The van der Waals surface area contributed by atoms with Gasteiger partial charge in [-0.05, 0) is 75.0 Å². The lowest BCUT2D eigenvalue weighted by atomic mass is 9.99. The highest BCUT2D eigenvalue weighted by Crippen LogP contribution is 2.18. The summed E-state index contributed by atoms with van der Waals surface area (Å²) in [6.45, 7) is 21.7. The molecule has 4 N–H and O–H groups in total. The molecule has 0 aliphatic carbocycles. The van der Waals surface area contributed by atoms with Gasteiger partial charge in [0.15, 0.2) is 0 Å². The molecular weight excluding hydrogens is 656 g/mol. The number of carbonyl (C=O) groups excluding carboxylic acids is 4. The molecule has 0 unspecified atom stereocenters. The maximum absolute atomic E-state index is 11.3. The molecule has 0 amide bonds. The minimum absolute atomic E-state index is 0.172. The van der Waals surface area contributed by atoms with Gasteiger partial charge >= 0.3 is 24.6 Å². The molecule has 0 aliphatic heterocycles. The molecule has 284 valence electrons. The van der Waals surface area contributed by atoms with Gasteiger partial charge in [0.25, 0.3) is 0 Å². The maximum atomic E-state index is 11.3. The molecule has 50 heavy (non-hydrogen) atoms. The Labute approximate surface area is 297 Å². The summed E-state index contributed by atoms with van der Waals surface area (Å²) in [7, 11) is 0. The van der Waals surface area contributed by atoms with Gasteiger partial charge < -0.3 is 48.8 Å². The molecular formula is C36H56O14. The minimum atomic E-state index is -1.03. The van der Waals surface area contributed by atoms with Crippen LogP contribution >= 0.6 is 0 Å². The Morgan fingerprint density at radius 2 is 0.700 bits per heavy atom. The fourth-order valence-electron chi connectivity index (χ4n) is 1.72. The lowest BCUT2D eigenvalue weighted by Crippen LogP contribution is -2.32. The van der Waals surface area contributed by atoms with Crippen molar-refractivity contribution in [1.82, 2.24) is 0 Å². The van der Waals surface area contributed by atoms with Crippen LogP contribution in [-0.2, 0) is 28.4 Å². The summed E-state index contributed by atoms with van der Waals surface area (Å²) in [6, 6.07) is 0. The van der Waals surface area contributed by atoms with Gasteiger partial charge in [-0.2, -0.15) is 0 Å². The van der Waals surface area contributed by atoms with Crippen molar-refractivity contribution in [3.63, 3.8) is 0 Å². The minimum Gasteiger partial charge on any atom is -0.433 e. The van der Waals surface area contributed by atoms with E-state index >= 15 is 0 Å². The fourth-order valence-corrected chi connectivity index (χ4v) is 1.72. The standard InChI is InChI=1S/2C12H22O5.2C6H6O2/c1-11(2,3)7-15-9(13)17-10(14)16-8-12(4,5)6;1-7-11(3,4)16-9(13)15-10(14)17-12(5,6)8-2;2*7-5-3-1-2-4-6-8/h2*7-8H2,1-6H3;2*7-8H,5-6H2. The van der Waals surface area contributed by atoms with E-state index in [2.05, 4.69) is 56.8 Å². The van der Waals surface area contributed by atoms with Crippen LogP contribution in [0.4, 0.5) is 19.2 Å². The third-order valence-electron chi connectivity index (χ3n) is 4.80. The van der Waals surface area contributed by atoms with Crippen LogP contribution in [0.15, 0.2) is 0 Å². The molecule has 0 saturated heterocycles. The molecule has 0 bridgehead atoms. The summed E-state index contributed by atoms with van der Waals surface area (Å²) in [5, 5.41) is 32.2. The Balaban J connectivity index is -0.000000300. The van der Waals surface area contributed by atoms with E-state index in [1.54, 1.807) is 27.7 Å². The fraction of sp³-hybridized carbons (Fsp3) is 0.667. The molecule has 0 fully saturated rings. The van der Waals surface area contributed by atoms with Crippen LogP contribution < -0.4 is 0 Å². The Morgan fingerprint density at radius 1 is 0.460 bits per heavy atom. The van der Waals surface area contributed by atoms with Crippen LogP contribution in [0.1, 0.15) is 95.9 Å². The largest absolute Gasteiger partial charge is 0.519 e. The number of hydrogen-bond acceptors (Lipinski definition) is 14. The van der Waals surface area contributed by atoms with Crippen LogP contribution in [0.5, 0.6) is 0 Å². The van der Waals surface area contributed by atoms with Gasteiger partial charge in [-0.1, -0.05) is 79.1 Å². The molecule has 0 heterocycles. The predicted molar refractivity (Wildman–Crippen MR) is 185 cm³/mol. The van der Waals surface area contributed by atoms with Gasteiger partial charge in [0.05, 0.1) is 13.2 Å². The van der Waals surface area contributed by atoms with Gasteiger partial charge in [-0.3, -0.25) is 0 Å². The average Bonchev–Trinajstić information content (AvgIpc) is 2.99. The quantitative estimate of drug-likeness (QED) is 0.124. The van der Waals surface area contributed by atoms with Crippen LogP contribution in [0.3, 0.4) is 0 Å². The average molecular weight is 713 g/mol. The van der Waals surface area contributed by atoms with Crippen molar-refractivity contribution in [2.75, 3.05) is 39.6 Å². The number of ether oxygens (including phenoxy) is 6. The molecule has 0 saturated carbocycles. The van der Waals surface area contributed by atoms with Gasteiger partial charge in [0.1, 0.15) is 37.6 Å². The summed E-state index contributed by atoms with van der Waals surface area (Å²) < 4.78 is 28.1. The second-order valence-corrected chi connectivity index (χ2v) is 13.2. The van der Waals surface area contributed by atoms with E-state index < -0.39 is 35.8 Å². The van der Waals surface area contributed by atoms with Crippen LogP contribution in [0, 0.1) is 58.2 Å². The van der Waals surface area contributed by atoms with E-state index in [0.29, 0.717) is 12.8 Å². The number of aliphatic hydroxyl groups excluding tert-OH is 4. The monoisotopic (exact) mass is 712 g/mol. The van der Waals surface area contributed by atoms with Crippen LogP contribution in [0.2, 0.25) is 0 Å². The summed E-state index contributed by atoms with van der Waals surface area (Å²) in [4.78, 5) is 44.7. The van der Waals surface area contributed by atoms with Crippen molar-refractivity contribution in [1.29, 1.82) is 0 Å². The zero-order chi connectivity index (χ0) is 39.9. The van der Waals surface area contributed by atoms with Crippen molar-refractivity contribution >= 4 is 24.6 Å². The molecule has 0 aromatic carbocycles. The molecule has 0 atom stereocenters. The first-order chi connectivity index (χ1) is 22.9. The highest BCUT2D eigenvalue weighted by molar-refractivity contribution is 5.77. The zero-order valence-electron chi connectivity index (χ0n) is 31.5. The molecule has 0 radical (unpaired) electrons. The van der Waals surface area contributed by atoms with Crippen molar-refractivity contribution in [2.45, 2.75) is 107 Å². The van der Waals surface area contributed by atoms with E-state index in [-0.39, 0.29) is 50.5 Å². The Hall–Kier alpha value is -4.44. The topological polar surface area (TPSA) is 205 Å². The van der Waals surface area contributed by atoms with E-state index in [1.165, 1.54) is 0 Å². The molecule has 14 heteroatoms. The summed E-state index contributed by atoms with van der Waals surface area (Å²) in [5.41, 5.74) is -1.65. The van der Waals surface area contributed by atoms with Gasteiger partial charge in [-0.15, -0.1) is 0 Å². The number of aliphatic hydroxyl groups is 4. The lowest BCUT2D eigenvalue weighted by molar-refractivity contribution is -0.0401. The summed E-state index contributed by atoms with van der Waals surface area (Å²) >= 11 is 0. The van der Waals surface area contributed by atoms with E-state index in [9.17, 15) is 19.2 Å². The Morgan fingerprint density at radius 3 is 0.900 bits per heavy atom. The first-order valence-electron chi connectivity index (χ1n) is 15.4. The summed E-state index contributed by atoms with van der Waals surface area (Å²) in [5.74, 6) is 18.5. The van der Waals surface area contributed by atoms with Crippen LogP contribution in [-0.4, -0.2) is 95.9 Å². The number of rotatable bonds is 6. The van der Waals surface area contributed by atoms with E-state index in [0.717, 1.165) is 0 Å². The van der Waals surface area contributed by atoms with Crippen LogP contribution in [0.25, 0.3) is 0 Å². The van der Waals surface area contributed by atoms with Crippen molar-refractivity contribution in [2.24, 2.45) is 10.8 Å². The van der Waals surface area contributed by atoms with Gasteiger partial charge in [-0.25, -0.2) is 19.2 Å². The molecule has 0 aliphatic rings. The van der Waals surface area contributed by atoms with Gasteiger partial charge in [0.2, 0.25) is 0 Å². The lowest BCUT2D eigenvalue weighted by Gasteiger charge is -2.24. The van der Waals surface area contributed by atoms with E-state index in [1.807, 2.05) is 55.4 Å². The van der Waals surface area contributed by atoms with Crippen molar-refractivity contribution in [3.8, 4) is 47.4 Å². The third kappa shape index (κ3) is 45.7. The molecule has 0 spiro atoms. The molecule has 14 nitrogen and oxygen atoms in total. The predicted octanol–water partition coefficient (Wildman–Crippen LogP) is 4.98. The first-order valence-corrected chi connectivity index (χ1v) is 15.4. The van der Waals surface area contributed by atoms with Crippen molar-refractivity contribution in [3.05, 3.63) is 0 Å². The normalized spacial score (nSPS) is 9.92. The first kappa shape index (κ1) is 52.4. The SMILES string of the molecule is CC(C)(C)COC(=O)OC(=O)OCC(C)(C)C.CCC(C)(C)OC(=O)OC(=O)OC(C)(C)CC.OCC#CC#CCO.OCC#CC#CCO. The Bertz CT molecular complexity index is 1100. The van der Waals surface area contributed by atoms with Crippen molar-refractivity contribution < 1.29 is 68.0 Å². The second kappa shape index (κ2) is 29.5. The molecule has 0 aromatic heterocycles. The number of carbonyl (C=O) groups is 4. The maximum Gasteiger partial charge on any atom is 0.519 e. The highest BCUT2D eigenvalue weighted by atomic mass is 16.8. The smallest absolute Gasteiger partial charge is 0.433 e. The Kier molecular flexibility index (Phi) is 30.9. The molecule has 0 rings (SSSR count). The molecule has 0 aromatic rings. The second-order valence-electron chi connectivity index (χ2n) is 13.2. The number of hydrogen-bond donors (Lipinski definition) is 4. The summed E-state index contributed by atoms with van der Waals surface area (Å²) in [6.07, 6.45) is -2.88. The third-order valence-corrected chi connectivity index (χ3v) is 4.80. The highest BCUT2D eigenvalue weighted by Gasteiger charge is 2.27.